The van der Waals surface area contributed by atoms with Crippen molar-refractivity contribution in [3.05, 3.63) is 71.3 Å². The van der Waals surface area contributed by atoms with Crippen molar-refractivity contribution in [2.45, 2.75) is 32.7 Å². The van der Waals surface area contributed by atoms with Crippen LogP contribution in [0.4, 0.5) is 4.79 Å². The maximum absolute atomic E-state index is 12.9. The fourth-order valence-electron chi connectivity index (χ4n) is 3.35. The first-order valence-corrected chi connectivity index (χ1v) is 11.3. The Bertz CT molecular complexity index is 832. The van der Waals surface area contributed by atoms with Crippen LogP contribution in [0.2, 0.25) is 6.04 Å². The van der Waals surface area contributed by atoms with Gasteiger partial charge in [-0.1, -0.05) is 56.3 Å². The second-order valence-electron chi connectivity index (χ2n) is 7.38. The summed E-state index contributed by atoms with van der Waals surface area (Å²) in [6.07, 6.45) is 1.69. The summed E-state index contributed by atoms with van der Waals surface area (Å²) < 4.78 is 1.24. The van der Waals surface area contributed by atoms with Crippen molar-refractivity contribution in [2.75, 3.05) is 6.54 Å². The third-order valence-corrected chi connectivity index (χ3v) is 7.55. The van der Waals surface area contributed by atoms with Crippen molar-refractivity contribution < 1.29 is 14.4 Å². The van der Waals surface area contributed by atoms with Gasteiger partial charge in [-0.15, -0.1) is 0 Å². The molecule has 0 spiro atoms. The van der Waals surface area contributed by atoms with E-state index in [0.717, 1.165) is 12.8 Å². The van der Waals surface area contributed by atoms with Crippen LogP contribution in [0, 0.1) is 5.92 Å². The fourth-order valence-corrected chi connectivity index (χ4v) is 5.75. The topological polar surface area (TPSA) is 66.5 Å². The third kappa shape index (κ3) is 4.39. The normalized spacial score (nSPS) is 13.4. The summed E-state index contributed by atoms with van der Waals surface area (Å²) in [5.74, 6) is -0.461. The van der Waals surface area contributed by atoms with E-state index >= 15 is 0 Å². The first-order chi connectivity index (χ1) is 13.5. The van der Waals surface area contributed by atoms with Crippen molar-refractivity contribution >= 4 is 26.3 Å². The lowest BCUT2D eigenvalue weighted by Crippen LogP contribution is -2.53. The molecular formula is C22H25N2O3Si. The van der Waals surface area contributed by atoms with Crippen molar-refractivity contribution in [1.29, 1.82) is 0 Å². The van der Waals surface area contributed by atoms with Crippen LogP contribution < -0.4 is 5.32 Å². The van der Waals surface area contributed by atoms with Crippen LogP contribution in [0.1, 0.15) is 46.5 Å². The molecule has 5 nitrogen and oxygen atoms in total. The van der Waals surface area contributed by atoms with Crippen LogP contribution in [0.15, 0.2) is 54.6 Å². The average Bonchev–Trinajstić information content (AvgIpc) is 2.95. The largest absolute Gasteiger partial charge is 0.359 e. The van der Waals surface area contributed by atoms with E-state index in [1.807, 2.05) is 32.0 Å². The minimum Gasteiger partial charge on any atom is -0.359 e. The predicted molar refractivity (Wildman–Crippen MR) is 111 cm³/mol. The Labute approximate surface area is 167 Å². The van der Waals surface area contributed by atoms with Gasteiger partial charge in [0, 0.05) is 6.54 Å². The second-order valence-corrected chi connectivity index (χ2v) is 9.58. The van der Waals surface area contributed by atoms with Gasteiger partial charge in [0.05, 0.1) is 11.1 Å². The van der Waals surface area contributed by atoms with E-state index in [1.54, 1.807) is 24.3 Å². The first kappa shape index (κ1) is 20.0. The molecule has 3 amide bonds. The van der Waals surface area contributed by atoms with E-state index in [0.29, 0.717) is 23.7 Å². The number of hydrogen-bond donors (Lipinski definition) is 1. The summed E-state index contributed by atoms with van der Waals surface area (Å²) in [6.45, 7) is 4.54. The van der Waals surface area contributed by atoms with Gasteiger partial charge in [-0.3, -0.25) is 18.9 Å². The Morgan fingerprint density at radius 3 is 2.11 bits per heavy atom. The molecule has 1 N–H and O–H groups in total. The average molecular weight is 394 g/mol. The summed E-state index contributed by atoms with van der Waals surface area (Å²) >= 11 is 0. The molecular weight excluding hydrogens is 368 g/mol. The number of amides is 3. The minimum atomic E-state index is -2.02. The van der Waals surface area contributed by atoms with Crippen LogP contribution in [-0.2, 0) is 6.42 Å². The van der Waals surface area contributed by atoms with Gasteiger partial charge in [0.1, 0.15) is 0 Å². The highest BCUT2D eigenvalue weighted by Crippen LogP contribution is 2.26. The summed E-state index contributed by atoms with van der Waals surface area (Å²) in [4.78, 5) is 38.5. The number of carbonyl (C=O) groups is 3. The van der Waals surface area contributed by atoms with Crippen LogP contribution >= 0.6 is 0 Å². The lowest BCUT2D eigenvalue weighted by atomic mass is 10.1. The van der Waals surface area contributed by atoms with Gasteiger partial charge in [0.15, 0.2) is 0 Å². The molecule has 3 rings (SSSR count). The number of nitrogens with one attached hydrogen (secondary N) is 1. The summed E-state index contributed by atoms with van der Waals surface area (Å²) in [5, 5.41) is 2.96. The Morgan fingerprint density at radius 1 is 0.964 bits per heavy atom. The monoisotopic (exact) mass is 393 g/mol. The molecule has 145 valence electrons. The summed E-state index contributed by atoms with van der Waals surface area (Å²) in [6, 6.07) is 17.4. The molecule has 1 aliphatic rings. The molecule has 28 heavy (non-hydrogen) atoms. The molecule has 0 aliphatic carbocycles. The molecule has 1 heterocycles. The molecule has 1 aliphatic heterocycles. The molecule has 0 unspecified atom stereocenters. The predicted octanol–water partition coefficient (Wildman–Crippen LogP) is 3.85. The van der Waals surface area contributed by atoms with Crippen LogP contribution in [-0.4, -0.2) is 37.4 Å². The SMILES string of the molecule is CC(C)C[Si](C(=O)NCCCc1ccccc1)N1C(=O)c2ccccc2C1=O. The molecule has 0 saturated carbocycles. The molecule has 0 atom stereocenters. The molecule has 2 aromatic rings. The van der Waals surface area contributed by atoms with E-state index in [-0.39, 0.29) is 23.3 Å². The van der Waals surface area contributed by atoms with Crippen LogP contribution in [0.25, 0.3) is 0 Å². The smallest absolute Gasteiger partial charge is 0.292 e. The molecule has 0 fully saturated rings. The molecule has 6 heteroatoms. The number of nitrogens with zero attached hydrogens (tertiary/aromatic N) is 1. The van der Waals surface area contributed by atoms with Crippen molar-refractivity contribution in [2.24, 2.45) is 5.92 Å². The number of fused-ring (bicyclic) bond motifs is 1. The van der Waals surface area contributed by atoms with Gasteiger partial charge < -0.3 is 5.32 Å². The molecule has 0 saturated heterocycles. The van der Waals surface area contributed by atoms with E-state index in [1.165, 1.54) is 10.1 Å². The van der Waals surface area contributed by atoms with Gasteiger partial charge in [0.2, 0.25) is 5.53 Å². The Hall–Kier alpha value is -2.73. The van der Waals surface area contributed by atoms with Gasteiger partial charge in [0.25, 0.3) is 20.8 Å². The van der Waals surface area contributed by atoms with Gasteiger partial charge in [-0.2, -0.15) is 0 Å². The van der Waals surface area contributed by atoms with Gasteiger partial charge in [-0.25, -0.2) is 0 Å². The number of imide groups is 1. The van der Waals surface area contributed by atoms with Gasteiger partial charge >= 0.3 is 0 Å². The summed E-state index contributed by atoms with van der Waals surface area (Å²) in [5.41, 5.74) is 1.86. The lowest BCUT2D eigenvalue weighted by molar-refractivity contribution is 0.0756. The molecule has 2 aromatic carbocycles. The number of rotatable bonds is 8. The Balaban J connectivity index is 1.66. The number of benzene rings is 2. The quantitative estimate of drug-likeness (QED) is 0.421. The van der Waals surface area contributed by atoms with E-state index in [4.69, 9.17) is 0 Å². The lowest BCUT2D eigenvalue weighted by Gasteiger charge is -2.24. The third-order valence-electron chi connectivity index (χ3n) is 4.70. The standard InChI is InChI=1S/C22H25N2O3Si/c1-16(2)15-28(22(27)23-14-8-11-17-9-4-3-5-10-17)24-20(25)18-12-6-7-13-19(18)21(24)26/h3-7,9-10,12-13,16H,8,11,14-15H2,1-2H3,(H,23,27). The number of carbonyl (C=O) groups excluding carboxylic acids is 3. The molecule has 0 bridgehead atoms. The Kier molecular flexibility index (Phi) is 6.41. The minimum absolute atomic E-state index is 0.165. The molecule has 0 aromatic heterocycles. The first-order valence-electron chi connectivity index (χ1n) is 9.64. The van der Waals surface area contributed by atoms with E-state index < -0.39 is 8.96 Å². The zero-order valence-corrected chi connectivity index (χ0v) is 17.3. The van der Waals surface area contributed by atoms with Crippen molar-refractivity contribution in [3.63, 3.8) is 0 Å². The zero-order valence-electron chi connectivity index (χ0n) is 16.3. The highest BCUT2D eigenvalue weighted by atomic mass is 28.3. The van der Waals surface area contributed by atoms with Crippen LogP contribution in [0.5, 0.6) is 0 Å². The summed E-state index contributed by atoms with van der Waals surface area (Å²) in [7, 11) is -2.02. The highest BCUT2D eigenvalue weighted by molar-refractivity contribution is 6.91. The zero-order chi connectivity index (χ0) is 20.1. The molecule has 1 radical (unpaired) electrons. The van der Waals surface area contributed by atoms with Gasteiger partial charge in [-0.05, 0) is 42.5 Å². The number of hydrogen-bond acceptors (Lipinski definition) is 3. The van der Waals surface area contributed by atoms with Crippen molar-refractivity contribution in [3.8, 4) is 0 Å². The number of aryl methyl sites for hydroxylation is 1. The van der Waals surface area contributed by atoms with Crippen molar-refractivity contribution in [1.82, 2.24) is 9.88 Å². The van der Waals surface area contributed by atoms with Crippen LogP contribution in [0.3, 0.4) is 0 Å². The second kappa shape index (κ2) is 8.97. The Morgan fingerprint density at radius 2 is 1.54 bits per heavy atom. The van der Waals surface area contributed by atoms with E-state index in [9.17, 15) is 14.4 Å². The fraction of sp³-hybridized carbons (Fsp3) is 0.318. The maximum atomic E-state index is 12.9. The highest BCUT2D eigenvalue weighted by Gasteiger charge is 2.44. The van der Waals surface area contributed by atoms with E-state index in [2.05, 4.69) is 17.4 Å². The maximum Gasteiger partial charge on any atom is 0.292 e.